The summed E-state index contributed by atoms with van der Waals surface area (Å²) < 4.78 is 0. The lowest BCUT2D eigenvalue weighted by Gasteiger charge is -2.04. The Labute approximate surface area is 136 Å². The van der Waals surface area contributed by atoms with E-state index >= 15 is 0 Å². The third kappa shape index (κ3) is 3.33. The molecule has 0 N–H and O–H groups in total. The van der Waals surface area contributed by atoms with Crippen molar-refractivity contribution in [3.05, 3.63) is 40.5 Å². The van der Waals surface area contributed by atoms with Crippen molar-refractivity contribution in [1.82, 2.24) is 15.0 Å². The van der Waals surface area contributed by atoms with Crippen molar-refractivity contribution >= 4 is 22.2 Å². The minimum Gasteiger partial charge on any atom is -0.237 e. The highest BCUT2D eigenvalue weighted by Gasteiger charge is 2.12. The van der Waals surface area contributed by atoms with E-state index in [4.69, 9.17) is 0 Å². The van der Waals surface area contributed by atoms with Crippen LogP contribution in [0.5, 0.6) is 0 Å². The fraction of sp³-hybridized carbons (Fsp3) is 0.389. The topological polar surface area (TPSA) is 38.7 Å². The van der Waals surface area contributed by atoms with Crippen molar-refractivity contribution in [3.63, 3.8) is 0 Å². The lowest BCUT2D eigenvalue weighted by Crippen LogP contribution is -1.95. The number of fused-ring (bicyclic) bond motifs is 1. The van der Waals surface area contributed by atoms with E-state index in [9.17, 15) is 0 Å². The maximum absolute atomic E-state index is 4.68. The summed E-state index contributed by atoms with van der Waals surface area (Å²) in [7, 11) is 0. The molecule has 22 heavy (non-hydrogen) atoms. The van der Waals surface area contributed by atoms with E-state index in [1.807, 2.05) is 20.8 Å². The number of aromatic nitrogens is 3. The minimum atomic E-state index is 0.434. The summed E-state index contributed by atoms with van der Waals surface area (Å²) in [4.78, 5) is 13.9. The summed E-state index contributed by atoms with van der Waals surface area (Å²) in [6.07, 6.45) is 0. The number of hydrogen-bond acceptors (Lipinski definition) is 4. The molecule has 0 aliphatic rings. The molecule has 1 aromatic carbocycles. The predicted molar refractivity (Wildman–Crippen MR) is 95.6 cm³/mol. The van der Waals surface area contributed by atoms with Gasteiger partial charge in [0.25, 0.3) is 0 Å². The molecule has 0 aliphatic carbocycles. The molecule has 0 atom stereocenters. The van der Waals surface area contributed by atoms with Gasteiger partial charge in [-0.2, -0.15) is 0 Å². The maximum atomic E-state index is 4.68. The first-order valence-corrected chi connectivity index (χ1v) is 8.63. The fourth-order valence-electron chi connectivity index (χ4n) is 2.15. The van der Waals surface area contributed by atoms with Gasteiger partial charge >= 0.3 is 0 Å². The smallest absolute Gasteiger partial charge is 0.189 e. The zero-order valence-electron chi connectivity index (χ0n) is 14.1. The predicted octanol–water partition coefficient (Wildman–Crippen LogP) is 5.52. The van der Waals surface area contributed by atoms with Gasteiger partial charge in [-0.15, -0.1) is 11.3 Å². The van der Waals surface area contributed by atoms with Crippen LogP contribution in [0, 0.1) is 13.8 Å². The summed E-state index contributed by atoms with van der Waals surface area (Å²) in [5.41, 5.74) is 4.32. The molecule has 0 bridgehead atoms. The minimum absolute atomic E-state index is 0.434. The van der Waals surface area contributed by atoms with E-state index in [-0.39, 0.29) is 0 Å². The van der Waals surface area contributed by atoms with Gasteiger partial charge in [0.1, 0.15) is 0 Å². The van der Waals surface area contributed by atoms with E-state index in [0.717, 1.165) is 33.1 Å². The Kier molecular flexibility index (Phi) is 5.24. The van der Waals surface area contributed by atoms with Crippen molar-refractivity contribution in [2.24, 2.45) is 0 Å². The highest BCUT2D eigenvalue weighted by atomic mass is 32.1. The molecule has 0 radical (unpaired) electrons. The molecule has 4 heteroatoms. The van der Waals surface area contributed by atoms with E-state index in [1.165, 1.54) is 5.56 Å². The molecular weight excluding hydrogens is 290 g/mol. The summed E-state index contributed by atoms with van der Waals surface area (Å²) in [6, 6.07) is 6.29. The van der Waals surface area contributed by atoms with Crippen LogP contribution in [0.2, 0.25) is 0 Å². The van der Waals surface area contributed by atoms with Gasteiger partial charge in [0.15, 0.2) is 10.8 Å². The average molecular weight is 313 g/mol. The number of aryl methyl sites for hydroxylation is 2. The van der Waals surface area contributed by atoms with Crippen LogP contribution in [0.25, 0.3) is 21.7 Å². The molecule has 116 valence electrons. The molecule has 3 nitrogen and oxygen atoms in total. The Bertz CT molecular complexity index is 775. The molecule has 3 aromatic rings. The van der Waals surface area contributed by atoms with Gasteiger partial charge in [0.05, 0.1) is 11.2 Å². The van der Waals surface area contributed by atoms with E-state index in [1.54, 1.807) is 11.3 Å². The number of rotatable bonds is 2. The second-order valence-corrected chi connectivity index (χ2v) is 6.24. The van der Waals surface area contributed by atoms with Crippen LogP contribution < -0.4 is 0 Å². The molecule has 0 saturated heterocycles. The number of thiazole rings is 1. The van der Waals surface area contributed by atoms with Crippen molar-refractivity contribution < 1.29 is 0 Å². The van der Waals surface area contributed by atoms with Gasteiger partial charge in [-0.1, -0.05) is 39.8 Å². The number of nitrogens with zero attached hydrogens (tertiary/aromatic N) is 3. The molecule has 2 heterocycles. The molecule has 0 unspecified atom stereocenters. The van der Waals surface area contributed by atoms with E-state index in [2.05, 4.69) is 59.3 Å². The summed E-state index contributed by atoms with van der Waals surface area (Å²) >= 11 is 1.62. The Hall–Kier alpha value is -1.81. The average Bonchev–Trinajstić information content (AvgIpc) is 2.99. The van der Waals surface area contributed by atoms with Crippen LogP contribution in [0.15, 0.2) is 23.6 Å². The molecule has 3 rings (SSSR count). The highest BCUT2D eigenvalue weighted by molar-refractivity contribution is 7.13. The van der Waals surface area contributed by atoms with Gasteiger partial charge in [-0.25, -0.2) is 15.0 Å². The van der Waals surface area contributed by atoms with Crippen LogP contribution in [-0.2, 0) is 0 Å². The normalized spacial score (nSPS) is 10.7. The second kappa shape index (κ2) is 6.97. The van der Waals surface area contributed by atoms with Crippen molar-refractivity contribution in [2.45, 2.75) is 47.5 Å². The van der Waals surface area contributed by atoms with Crippen LogP contribution >= 0.6 is 11.3 Å². The molecule has 0 fully saturated rings. The molecule has 0 saturated carbocycles. The van der Waals surface area contributed by atoms with Gasteiger partial charge in [0, 0.05) is 16.5 Å². The zero-order chi connectivity index (χ0) is 16.3. The number of hydrogen-bond donors (Lipinski definition) is 0. The zero-order valence-corrected chi connectivity index (χ0v) is 15.0. The second-order valence-electron chi connectivity index (χ2n) is 5.39. The molecule has 0 aliphatic heterocycles. The third-order valence-corrected chi connectivity index (χ3v) is 4.20. The van der Waals surface area contributed by atoms with Crippen LogP contribution in [0.4, 0.5) is 0 Å². The third-order valence-electron chi connectivity index (χ3n) is 3.35. The standard InChI is InChI=1S/C16H17N3S.C2H6/c1-9(2)14-8-20-16(19-14)15-17-11(4)12-6-5-10(3)7-13(12)18-15;1-2/h5-9H,1-4H3;1-2H3. The Balaban J connectivity index is 0.000000847. The molecule has 0 amide bonds. The van der Waals surface area contributed by atoms with Gasteiger partial charge in [-0.3, -0.25) is 0 Å². The van der Waals surface area contributed by atoms with Crippen LogP contribution in [0.1, 0.15) is 50.6 Å². The van der Waals surface area contributed by atoms with Gasteiger partial charge in [-0.05, 0) is 31.4 Å². The summed E-state index contributed by atoms with van der Waals surface area (Å²) in [5.74, 6) is 1.17. The molecule has 2 aromatic heterocycles. The Morgan fingerprint density at radius 1 is 1.00 bits per heavy atom. The van der Waals surface area contributed by atoms with Crippen molar-refractivity contribution in [1.29, 1.82) is 0 Å². The first-order valence-electron chi connectivity index (χ1n) is 7.75. The van der Waals surface area contributed by atoms with Crippen LogP contribution in [0.3, 0.4) is 0 Å². The summed E-state index contributed by atoms with van der Waals surface area (Å²) in [5, 5.41) is 4.11. The SMILES string of the molecule is CC.Cc1ccc2c(C)nc(-c3nc(C(C)C)cs3)nc2c1. The van der Waals surface area contributed by atoms with Gasteiger partial charge in [0.2, 0.25) is 0 Å². The molecule has 0 spiro atoms. The first kappa shape index (κ1) is 16.6. The van der Waals surface area contributed by atoms with E-state index in [0.29, 0.717) is 5.92 Å². The largest absolute Gasteiger partial charge is 0.237 e. The fourth-order valence-corrected chi connectivity index (χ4v) is 3.06. The Morgan fingerprint density at radius 2 is 1.73 bits per heavy atom. The Morgan fingerprint density at radius 3 is 2.36 bits per heavy atom. The maximum Gasteiger partial charge on any atom is 0.189 e. The van der Waals surface area contributed by atoms with E-state index < -0.39 is 0 Å². The van der Waals surface area contributed by atoms with Crippen molar-refractivity contribution in [2.75, 3.05) is 0 Å². The quantitative estimate of drug-likeness (QED) is 0.625. The lowest BCUT2D eigenvalue weighted by atomic mass is 10.1. The highest BCUT2D eigenvalue weighted by Crippen LogP contribution is 2.27. The number of benzene rings is 1. The van der Waals surface area contributed by atoms with Crippen molar-refractivity contribution in [3.8, 4) is 10.8 Å². The van der Waals surface area contributed by atoms with Gasteiger partial charge < -0.3 is 0 Å². The summed E-state index contributed by atoms with van der Waals surface area (Å²) in [6.45, 7) is 12.4. The lowest BCUT2D eigenvalue weighted by molar-refractivity contribution is 0.833. The monoisotopic (exact) mass is 313 g/mol. The first-order chi connectivity index (χ1) is 10.5. The van der Waals surface area contributed by atoms with Crippen LogP contribution in [-0.4, -0.2) is 15.0 Å². The molecular formula is C18H23N3S.